The molecular weight excluding hydrogens is 322 g/mol. The van der Waals surface area contributed by atoms with Crippen LogP contribution < -0.4 is 5.32 Å². The molecule has 0 aliphatic rings. The predicted octanol–water partition coefficient (Wildman–Crippen LogP) is 1.96. The van der Waals surface area contributed by atoms with E-state index in [1.54, 1.807) is 36.1 Å². The van der Waals surface area contributed by atoms with E-state index in [-0.39, 0.29) is 17.9 Å². The van der Waals surface area contributed by atoms with Crippen molar-refractivity contribution >= 4 is 17.8 Å². The Morgan fingerprint density at radius 3 is 2.76 bits per heavy atom. The molecule has 0 fully saturated rings. The van der Waals surface area contributed by atoms with Crippen LogP contribution in [0.2, 0.25) is 0 Å². The molecule has 2 amide bonds. The Bertz CT molecular complexity index is 717. The van der Waals surface area contributed by atoms with E-state index >= 15 is 0 Å². The van der Waals surface area contributed by atoms with Gasteiger partial charge in [-0.3, -0.25) is 9.20 Å². The van der Waals surface area contributed by atoms with Crippen LogP contribution in [0.4, 0.5) is 4.79 Å². The van der Waals surface area contributed by atoms with Gasteiger partial charge in [0.05, 0.1) is 0 Å². The van der Waals surface area contributed by atoms with Crippen molar-refractivity contribution in [3.8, 4) is 0 Å². The van der Waals surface area contributed by atoms with Gasteiger partial charge in [0, 0.05) is 38.7 Å². The van der Waals surface area contributed by atoms with E-state index in [1.165, 1.54) is 4.90 Å². The Kier molecular flexibility index (Phi) is 5.61. The minimum absolute atomic E-state index is 0.0663. The van der Waals surface area contributed by atoms with Gasteiger partial charge in [-0.2, -0.15) is 0 Å². The standard InChI is InChI=1S/C17H25N5O3/c1-12(10-21(5)16(24)25-17(2,3)4)9-19-14(23)13-11-22-8-6-7-18-15(22)20-13/h6-8,11-12H,9-10H2,1-5H3,(H,19,23)/t12-/m0/s1. The average Bonchev–Trinajstić information content (AvgIpc) is 2.95. The fourth-order valence-electron chi connectivity index (χ4n) is 2.24. The van der Waals surface area contributed by atoms with Crippen LogP contribution >= 0.6 is 0 Å². The molecule has 0 aliphatic heterocycles. The highest BCUT2D eigenvalue weighted by Crippen LogP contribution is 2.10. The number of nitrogens with zero attached hydrogens (tertiary/aromatic N) is 4. The van der Waals surface area contributed by atoms with E-state index in [2.05, 4.69) is 15.3 Å². The van der Waals surface area contributed by atoms with Crippen LogP contribution in [-0.4, -0.2) is 57.0 Å². The lowest BCUT2D eigenvalue weighted by molar-refractivity contribution is 0.0277. The van der Waals surface area contributed by atoms with E-state index < -0.39 is 5.60 Å². The summed E-state index contributed by atoms with van der Waals surface area (Å²) in [5.74, 6) is 0.277. The zero-order valence-corrected chi connectivity index (χ0v) is 15.3. The van der Waals surface area contributed by atoms with Gasteiger partial charge < -0.3 is 15.0 Å². The molecule has 136 valence electrons. The molecule has 2 heterocycles. The fourth-order valence-corrected chi connectivity index (χ4v) is 2.24. The van der Waals surface area contributed by atoms with Crippen LogP contribution in [0.1, 0.15) is 38.2 Å². The molecule has 0 spiro atoms. The molecule has 0 saturated carbocycles. The largest absolute Gasteiger partial charge is 0.444 e. The van der Waals surface area contributed by atoms with Crippen LogP contribution in [-0.2, 0) is 4.74 Å². The summed E-state index contributed by atoms with van der Waals surface area (Å²) in [6, 6.07) is 1.77. The highest BCUT2D eigenvalue weighted by atomic mass is 16.6. The zero-order chi connectivity index (χ0) is 18.6. The van der Waals surface area contributed by atoms with Crippen molar-refractivity contribution in [2.24, 2.45) is 5.92 Å². The summed E-state index contributed by atoms with van der Waals surface area (Å²) in [4.78, 5) is 33.9. The Labute approximate surface area is 147 Å². The second kappa shape index (κ2) is 7.50. The number of hydrogen-bond donors (Lipinski definition) is 1. The number of fused-ring (bicyclic) bond motifs is 1. The quantitative estimate of drug-likeness (QED) is 0.893. The highest BCUT2D eigenvalue weighted by molar-refractivity contribution is 5.92. The van der Waals surface area contributed by atoms with Crippen molar-refractivity contribution in [1.82, 2.24) is 24.6 Å². The van der Waals surface area contributed by atoms with Crippen molar-refractivity contribution in [1.29, 1.82) is 0 Å². The first-order valence-corrected chi connectivity index (χ1v) is 8.18. The highest BCUT2D eigenvalue weighted by Gasteiger charge is 2.21. The third-order valence-corrected chi connectivity index (χ3v) is 3.37. The summed E-state index contributed by atoms with van der Waals surface area (Å²) in [5, 5.41) is 2.83. The Morgan fingerprint density at radius 2 is 2.12 bits per heavy atom. The van der Waals surface area contributed by atoms with Crippen molar-refractivity contribution < 1.29 is 14.3 Å². The first-order chi connectivity index (χ1) is 11.7. The third-order valence-electron chi connectivity index (χ3n) is 3.37. The average molecular weight is 347 g/mol. The molecule has 0 unspecified atom stereocenters. The van der Waals surface area contributed by atoms with Gasteiger partial charge in [0.1, 0.15) is 11.3 Å². The maximum atomic E-state index is 12.2. The summed E-state index contributed by atoms with van der Waals surface area (Å²) in [6.07, 6.45) is 4.66. The van der Waals surface area contributed by atoms with Crippen molar-refractivity contribution in [3.05, 3.63) is 30.4 Å². The lowest BCUT2D eigenvalue weighted by atomic mass is 10.1. The molecule has 2 aromatic rings. The number of aromatic nitrogens is 3. The van der Waals surface area contributed by atoms with Crippen molar-refractivity contribution in [3.63, 3.8) is 0 Å². The summed E-state index contributed by atoms with van der Waals surface area (Å²) >= 11 is 0. The van der Waals surface area contributed by atoms with Crippen LogP contribution in [0, 0.1) is 5.92 Å². The van der Waals surface area contributed by atoms with Gasteiger partial charge in [-0.15, -0.1) is 0 Å². The minimum atomic E-state index is -0.528. The van der Waals surface area contributed by atoms with Gasteiger partial charge >= 0.3 is 6.09 Å². The van der Waals surface area contributed by atoms with Gasteiger partial charge in [-0.25, -0.2) is 14.8 Å². The lowest BCUT2D eigenvalue weighted by Gasteiger charge is -2.26. The number of rotatable bonds is 5. The molecule has 2 aromatic heterocycles. The monoisotopic (exact) mass is 347 g/mol. The van der Waals surface area contributed by atoms with E-state index in [9.17, 15) is 9.59 Å². The summed E-state index contributed by atoms with van der Waals surface area (Å²) in [5.41, 5.74) is -0.216. The molecule has 25 heavy (non-hydrogen) atoms. The third kappa shape index (κ3) is 5.44. The smallest absolute Gasteiger partial charge is 0.410 e. The second-order valence-electron chi connectivity index (χ2n) is 7.13. The normalized spacial score (nSPS) is 12.7. The van der Waals surface area contributed by atoms with Crippen LogP contribution in [0.25, 0.3) is 5.78 Å². The van der Waals surface area contributed by atoms with Gasteiger partial charge in [-0.1, -0.05) is 6.92 Å². The zero-order valence-electron chi connectivity index (χ0n) is 15.3. The molecule has 0 radical (unpaired) electrons. The van der Waals surface area contributed by atoms with Gasteiger partial charge in [-0.05, 0) is 32.8 Å². The molecule has 0 aliphatic carbocycles. The number of hydrogen-bond acceptors (Lipinski definition) is 5. The van der Waals surface area contributed by atoms with Gasteiger partial charge in [0.25, 0.3) is 5.91 Å². The lowest BCUT2D eigenvalue weighted by Crippen LogP contribution is -2.39. The molecule has 1 N–H and O–H groups in total. The number of carbonyl (C=O) groups excluding carboxylic acids is 2. The molecule has 0 aromatic carbocycles. The van der Waals surface area contributed by atoms with Crippen molar-refractivity contribution in [2.45, 2.75) is 33.3 Å². The fraction of sp³-hybridized carbons (Fsp3) is 0.529. The predicted molar refractivity (Wildman–Crippen MR) is 93.3 cm³/mol. The maximum absolute atomic E-state index is 12.2. The number of amides is 2. The molecule has 0 saturated heterocycles. The van der Waals surface area contributed by atoms with E-state index in [0.29, 0.717) is 24.6 Å². The molecule has 8 heteroatoms. The SMILES string of the molecule is C[C@@H](CNC(=O)c1cn2cccnc2n1)CN(C)C(=O)OC(C)(C)C. The van der Waals surface area contributed by atoms with Crippen LogP contribution in [0.5, 0.6) is 0 Å². The number of imidazole rings is 1. The Morgan fingerprint density at radius 1 is 1.40 bits per heavy atom. The minimum Gasteiger partial charge on any atom is -0.444 e. The first kappa shape index (κ1) is 18.7. The summed E-state index contributed by atoms with van der Waals surface area (Å²) in [7, 11) is 1.68. The number of carbonyl (C=O) groups is 2. The number of nitrogens with one attached hydrogen (secondary N) is 1. The van der Waals surface area contributed by atoms with E-state index in [0.717, 1.165) is 0 Å². The van der Waals surface area contributed by atoms with Gasteiger partial charge in [0.2, 0.25) is 5.78 Å². The topological polar surface area (TPSA) is 88.8 Å². The maximum Gasteiger partial charge on any atom is 0.410 e. The van der Waals surface area contributed by atoms with Gasteiger partial charge in [0.15, 0.2) is 0 Å². The second-order valence-corrected chi connectivity index (χ2v) is 7.13. The molecular formula is C17H25N5O3. The number of ether oxygens (including phenoxy) is 1. The van der Waals surface area contributed by atoms with Crippen molar-refractivity contribution in [2.75, 3.05) is 20.1 Å². The Hall–Kier alpha value is -2.64. The molecule has 0 bridgehead atoms. The van der Waals surface area contributed by atoms with E-state index in [4.69, 9.17) is 4.74 Å². The molecule has 1 atom stereocenters. The Balaban J connectivity index is 1.83. The molecule has 2 rings (SSSR count). The van der Waals surface area contributed by atoms with Crippen LogP contribution in [0.3, 0.4) is 0 Å². The summed E-state index contributed by atoms with van der Waals surface area (Å²) < 4.78 is 7.00. The summed E-state index contributed by atoms with van der Waals surface area (Å²) in [6.45, 7) is 8.33. The van der Waals surface area contributed by atoms with Crippen LogP contribution in [0.15, 0.2) is 24.7 Å². The molecule has 8 nitrogen and oxygen atoms in total. The first-order valence-electron chi connectivity index (χ1n) is 8.18. The van der Waals surface area contributed by atoms with E-state index in [1.807, 2.05) is 27.7 Å².